The average molecular weight is 617 g/mol. The Morgan fingerprint density at radius 3 is 2.18 bits per heavy atom. The van der Waals surface area contributed by atoms with E-state index in [2.05, 4.69) is 21.2 Å². The normalized spacial score (nSPS) is 11.9. The fraction of sp³-hybridized carbons (Fsp3) is 0.310. The van der Waals surface area contributed by atoms with Crippen LogP contribution in [0.4, 0.5) is 5.69 Å². The molecule has 3 aromatic carbocycles. The SMILES string of the molecule is CCCNC(=O)[C@H](C)N(Cc1ccc(Br)cc1)C(=O)CN(c1ccccc1)S(=O)(=O)c1ccc(OCC)cc1. The van der Waals surface area contributed by atoms with E-state index in [4.69, 9.17) is 4.74 Å². The fourth-order valence-electron chi connectivity index (χ4n) is 3.89. The summed E-state index contributed by atoms with van der Waals surface area (Å²) in [7, 11) is -4.13. The van der Waals surface area contributed by atoms with E-state index in [-0.39, 0.29) is 17.3 Å². The lowest BCUT2D eigenvalue weighted by Gasteiger charge is -2.32. The Hall–Kier alpha value is -3.37. The molecule has 0 radical (unpaired) electrons. The second kappa shape index (κ2) is 14.1. The van der Waals surface area contributed by atoms with Gasteiger partial charge in [0.15, 0.2) is 0 Å². The molecule has 0 saturated heterocycles. The molecule has 0 aliphatic rings. The van der Waals surface area contributed by atoms with Gasteiger partial charge in [0, 0.05) is 17.6 Å². The van der Waals surface area contributed by atoms with E-state index in [1.807, 2.05) is 38.1 Å². The van der Waals surface area contributed by atoms with Crippen LogP contribution in [-0.2, 0) is 26.2 Å². The molecule has 0 fully saturated rings. The number of benzene rings is 3. The molecule has 8 nitrogen and oxygen atoms in total. The van der Waals surface area contributed by atoms with Gasteiger partial charge in [0.1, 0.15) is 18.3 Å². The summed E-state index contributed by atoms with van der Waals surface area (Å²) in [6, 6.07) is 21.1. The van der Waals surface area contributed by atoms with Crippen molar-refractivity contribution in [1.82, 2.24) is 10.2 Å². The maximum Gasteiger partial charge on any atom is 0.264 e. The van der Waals surface area contributed by atoms with E-state index in [1.54, 1.807) is 49.4 Å². The van der Waals surface area contributed by atoms with Crippen molar-refractivity contribution in [2.75, 3.05) is 24.0 Å². The predicted octanol–water partition coefficient (Wildman–Crippen LogP) is 4.99. The minimum absolute atomic E-state index is 0.0239. The van der Waals surface area contributed by atoms with Crippen molar-refractivity contribution in [3.05, 3.63) is 88.9 Å². The molecule has 1 atom stereocenters. The van der Waals surface area contributed by atoms with Crippen molar-refractivity contribution in [3.8, 4) is 5.75 Å². The summed E-state index contributed by atoms with van der Waals surface area (Å²) < 4.78 is 35.1. The summed E-state index contributed by atoms with van der Waals surface area (Å²) in [5.41, 5.74) is 1.15. The maximum atomic E-state index is 13.8. The molecule has 208 valence electrons. The standard InChI is InChI=1S/C29H34BrN3O5S/c1-4-19-31-29(35)22(3)32(20-23-11-13-24(30)14-12-23)28(34)21-33(25-9-7-6-8-10-25)39(36,37)27-17-15-26(16-18-27)38-5-2/h6-18,22H,4-5,19-21H2,1-3H3,(H,31,35)/t22-/m0/s1. The van der Waals surface area contributed by atoms with Gasteiger partial charge >= 0.3 is 0 Å². The van der Waals surface area contributed by atoms with Crippen molar-refractivity contribution in [2.24, 2.45) is 0 Å². The van der Waals surface area contributed by atoms with Gasteiger partial charge in [-0.3, -0.25) is 13.9 Å². The zero-order valence-corrected chi connectivity index (χ0v) is 24.7. The number of hydrogen-bond donors (Lipinski definition) is 1. The van der Waals surface area contributed by atoms with Crippen molar-refractivity contribution < 1.29 is 22.7 Å². The lowest BCUT2D eigenvalue weighted by Crippen LogP contribution is -2.51. The van der Waals surface area contributed by atoms with Crippen LogP contribution in [0.3, 0.4) is 0 Å². The molecule has 0 bridgehead atoms. The molecular weight excluding hydrogens is 582 g/mol. The maximum absolute atomic E-state index is 13.8. The molecule has 0 unspecified atom stereocenters. The van der Waals surface area contributed by atoms with Crippen molar-refractivity contribution in [3.63, 3.8) is 0 Å². The van der Waals surface area contributed by atoms with Gasteiger partial charge in [-0.25, -0.2) is 8.42 Å². The number of rotatable bonds is 13. The van der Waals surface area contributed by atoms with Gasteiger partial charge in [-0.2, -0.15) is 0 Å². The monoisotopic (exact) mass is 615 g/mol. The molecule has 0 aliphatic carbocycles. The Labute approximate surface area is 239 Å². The second-order valence-corrected chi connectivity index (χ2v) is 11.6. The number of sulfonamides is 1. The molecule has 0 heterocycles. The molecule has 1 N–H and O–H groups in total. The zero-order valence-electron chi connectivity index (χ0n) is 22.3. The van der Waals surface area contributed by atoms with Crippen LogP contribution in [0.5, 0.6) is 5.75 Å². The first-order valence-corrected chi connectivity index (χ1v) is 15.0. The Balaban J connectivity index is 1.97. The van der Waals surface area contributed by atoms with E-state index in [9.17, 15) is 18.0 Å². The van der Waals surface area contributed by atoms with E-state index >= 15 is 0 Å². The van der Waals surface area contributed by atoms with Crippen LogP contribution in [0.1, 0.15) is 32.8 Å². The highest BCUT2D eigenvalue weighted by molar-refractivity contribution is 9.10. The molecule has 39 heavy (non-hydrogen) atoms. The molecule has 2 amide bonds. The third-order valence-corrected chi connectivity index (χ3v) is 8.35. The van der Waals surface area contributed by atoms with Crippen LogP contribution >= 0.6 is 15.9 Å². The Morgan fingerprint density at radius 1 is 0.949 bits per heavy atom. The first kappa shape index (κ1) is 30.2. The highest BCUT2D eigenvalue weighted by Crippen LogP contribution is 2.26. The van der Waals surface area contributed by atoms with Crippen LogP contribution in [0.25, 0.3) is 0 Å². The van der Waals surface area contributed by atoms with Gasteiger partial charge in [-0.15, -0.1) is 0 Å². The molecule has 0 saturated carbocycles. The number of halogens is 1. The Morgan fingerprint density at radius 2 is 1.59 bits per heavy atom. The molecular formula is C29H34BrN3O5S. The summed E-state index contributed by atoms with van der Waals surface area (Å²) in [5.74, 6) is -0.259. The van der Waals surface area contributed by atoms with E-state index in [0.29, 0.717) is 24.6 Å². The van der Waals surface area contributed by atoms with Crippen LogP contribution < -0.4 is 14.4 Å². The van der Waals surface area contributed by atoms with Crippen LogP contribution in [0.2, 0.25) is 0 Å². The molecule has 0 aromatic heterocycles. The molecule has 3 rings (SSSR count). The predicted molar refractivity (Wildman–Crippen MR) is 156 cm³/mol. The minimum atomic E-state index is -4.13. The van der Waals surface area contributed by atoms with Gasteiger partial charge < -0.3 is 15.0 Å². The number of nitrogens with zero attached hydrogens (tertiary/aromatic N) is 2. The summed E-state index contributed by atoms with van der Waals surface area (Å²) in [6.07, 6.45) is 0.751. The quantitative estimate of drug-likeness (QED) is 0.292. The third-order valence-electron chi connectivity index (χ3n) is 6.03. The summed E-state index contributed by atoms with van der Waals surface area (Å²) in [6.45, 7) is 6.02. The molecule has 0 aliphatic heterocycles. The third kappa shape index (κ3) is 8.06. The van der Waals surface area contributed by atoms with E-state index < -0.39 is 28.5 Å². The van der Waals surface area contributed by atoms with Crippen LogP contribution in [0, 0.1) is 0 Å². The lowest BCUT2D eigenvalue weighted by atomic mass is 10.1. The molecule has 3 aromatic rings. The molecule has 10 heteroatoms. The van der Waals surface area contributed by atoms with Gasteiger partial charge in [0.25, 0.3) is 10.0 Å². The van der Waals surface area contributed by atoms with Gasteiger partial charge in [-0.05, 0) is 74.4 Å². The van der Waals surface area contributed by atoms with Gasteiger partial charge in [0.05, 0.1) is 17.2 Å². The van der Waals surface area contributed by atoms with Crippen LogP contribution in [0.15, 0.2) is 88.2 Å². The summed E-state index contributed by atoms with van der Waals surface area (Å²) >= 11 is 3.41. The number of amides is 2. The smallest absolute Gasteiger partial charge is 0.264 e. The Kier molecular flexibility index (Phi) is 10.9. The number of carbonyl (C=O) groups is 2. The highest BCUT2D eigenvalue weighted by Gasteiger charge is 2.32. The van der Waals surface area contributed by atoms with Crippen molar-refractivity contribution >= 4 is 43.5 Å². The summed E-state index contributed by atoms with van der Waals surface area (Å²) in [4.78, 5) is 28.2. The minimum Gasteiger partial charge on any atom is -0.494 e. The van der Waals surface area contributed by atoms with E-state index in [0.717, 1.165) is 20.8 Å². The zero-order chi connectivity index (χ0) is 28.4. The van der Waals surface area contributed by atoms with Crippen LogP contribution in [-0.4, -0.2) is 50.9 Å². The highest BCUT2D eigenvalue weighted by atomic mass is 79.9. The van der Waals surface area contributed by atoms with Crippen molar-refractivity contribution in [2.45, 2.75) is 44.7 Å². The number of para-hydroxylation sites is 1. The van der Waals surface area contributed by atoms with Crippen molar-refractivity contribution in [1.29, 1.82) is 0 Å². The average Bonchev–Trinajstić information content (AvgIpc) is 2.94. The topological polar surface area (TPSA) is 96.0 Å². The van der Waals surface area contributed by atoms with Gasteiger partial charge in [0.2, 0.25) is 11.8 Å². The Bertz CT molecular complexity index is 1330. The fourth-order valence-corrected chi connectivity index (χ4v) is 5.57. The lowest BCUT2D eigenvalue weighted by molar-refractivity contribution is -0.139. The van der Waals surface area contributed by atoms with E-state index in [1.165, 1.54) is 17.0 Å². The number of ether oxygens (including phenoxy) is 1. The number of anilines is 1. The number of nitrogens with one attached hydrogen (secondary N) is 1. The van der Waals surface area contributed by atoms with Gasteiger partial charge in [-0.1, -0.05) is 53.2 Å². The first-order chi connectivity index (χ1) is 18.7. The second-order valence-electron chi connectivity index (χ2n) is 8.87. The number of carbonyl (C=O) groups excluding carboxylic acids is 2. The largest absolute Gasteiger partial charge is 0.494 e. The summed E-state index contributed by atoms with van der Waals surface area (Å²) in [5, 5.41) is 2.83. The first-order valence-electron chi connectivity index (χ1n) is 12.8. The molecule has 0 spiro atoms. The number of hydrogen-bond acceptors (Lipinski definition) is 5.